The average Bonchev–Trinajstić information content (AvgIpc) is 3.34. The van der Waals surface area contributed by atoms with E-state index in [0.29, 0.717) is 12.3 Å². The van der Waals surface area contributed by atoms with E-state index in [1.807, 2.05) is 48.2 Å². The lowest BCUT2D eigenvalue weighted by Gasteiger charge is -2.19. The molecule has 2 heterocycles. The van der Waals surface area contributed by atoms with Gasteiger partial charge < -0.3 is 15.5 Å². The molecule has 2 amide bonds. The van der Waals surface area contributed by atoms with E-state index in [4.69, 9.17) is 0 Å². The summed E-state index contributed by atoms with van der Waals surface area (Å²) in [6, 6.07) is 13.6. The van der Waals surface area contributed by atoms with Crippen LogP contribution in [0.4, 0.5) is 11.4 Å². The molecule has 0 saturated carbocycles. The van der Waals surface area contributed by atoms with Gasteiger partial charge in [-0.1, -0.05) is 18.2 Å². The molecule has 140 valence electrons. The summed E-state index contributed by atoms with van der Waals surface area (Å²) in [6.07, 6.45) is 2.58. The van der Waals surface area contributed by atoms with Crippen molar-refractivity contribution in [3.63, 3.8) is 0 Å². The van der Waals surface area contributed by atoms with Crippen molar-refractivity contribution >= 4 is 23.2 Å². The normalized spacial score (nSPS) is 19.5. The minimum Gasteiger partial charge on any atom is -0.322 e. The molecule has 5 heteroatoms. The fourth-order valence-corrected chi connectivity index (χ4v) is 4.12. The van der Waals surface area contributed by atoms with E-state index in [0.717, 1.165) is 60.5 Å². The van der Waals surface area contributed by atoms with E-state index in [-0.39, 0.29) is 11.8 Å². The van der Waals surface area contributed by atoms with E-state index in [1.54, 1.807) is 0 Å². The first kappa shape index (κ1) is 17.7. The fraction of sp³-hybridized carbons (Fsp3) is 0.364. The van der Waals surface area contributed by atoms with Gasteiger partial charge in [-0.15, -0.1) is 0 Å². The number of carbonyl (C=O) groups excluding carboxylic acids is 2. The molecule has 0 aliphatic carbocycles. The highest BCUT2D eigenvalue weighted by Gasteiger charge is 2.24. The second-order valence-corrected chi connectivity index (χ2v) is 7.38. The molecule has 4 rings (SSSR count). The third-order valence-electron chi connectivity index (χ3n) is 5.52. The zero-order valence-corrected chi connectivity index (χ0v) is 15.6. The van der Waals surface area contributed by atoms with Crippen molar-refractivity contribution in [1.29, 1.82) is 0 Å². The maximum absolute atomic E-state index is 12.9. The highest BCUT2D eigenvalue weighted by atomic mass is 16.2. The van der Waals surface area contributed by atoms with Gasteiger partial charge in [0.2, 0.25) is 5.91 Å². The first-order valence-corrected chi connectivity index (χ1v) is 9.65. The quantitative estimate of drug-likeness (QED) is 0.875. The van der Waals surface area contributed by atoms with Gasteiger partial charge in [0.05, 0.1) is 0 Å². The van der Waals surface area contributed by atoms with Crippen molar-refractivity contribution in [2.24, 2.45) is 0 Å². The van der Waals surface area contributed by atoms with Crippen molar-refractivity contribution in [3.8, 4) is 0 Å². The van der Waals surface area contributed by atoms with Crippen LogP contribution in [0.25, 0.3) is 0 Å². The van der Waals surface area contributed by atoms with Gasteiger partial charge in [-0.05, 0) is 67.6 Å². The van der Waals surface area contributed by atoms with Crippen molar-refractivity contribution in [3.05, 3.63) is 59.2 Å². The second kappa shape index (κ2) is 7.53. The van der Waals surface area contributed by atoms with Crippen LogP contribution in [-0.4, -0.2) is 31.4 Å². The lowest BCUT2D eigenvalue weighted by atomic mass is 9.93. The predicted octanol–water partition coefficient (Wildman–Crippen LogP) is 3.45. The lowest BCUT2D eigenvalue weighted by molar-refractivity contribution is -0.117. The Morgan fingerprint density at radius 3 is 2.78 bits per heavy atom. The molecule has 5 nitrogen and oxygen atoms in total. The monoisotopic (exact) mass is 363 g/mol. The van der Waals surface area contributed by atoms with Crippen LogP contribution in [-0.2, 0) is 4.79 Å². The third-order valence-corrected chi connectivity index (χ3v) is 5.52. The molecule has 2 fully saturated rings. The van der Waals surface area contributed by atoms with E-state index in [1.165, 1.54) is 0 Å². The van der Waals surface area contributed by atoms with Crippen LogP contribution in [0, 0.1) is 6.92 Å². The molecule has 0 bridgehead atoms. The molecule has 2 aliphatic heterocycles. The van der Waals surface area contributed by atoms with Gasteiger partial charge in [-0.3, -0.25) is 9.59 Å². The summed E-state index contributed by atoms with van der Waals surface area (Å²) in [6.45, 7) is 4.67. The van der Waals surface area contributed by atoms with Crippen molar-refractivity contribution in [2.45, 2.75) is 32.1 Å². The number of carbonyl (C=O) groups is 2. The molecule has 27 heavy (non-hydrogen) atoms. The maximum atomic E-state index is 12.9. The number of anilines is 2. The van der Waals surface area contributed by atoms with Gasteiger partial charge in [0.15, 0.2) is 0 Å². The van der Waals surface area contributed by atoms with Crippen LogP contribution in [0.1, 0.15) is 46.7 Å². The van der Waals surface area contributed by atoms with Gasteiger partial charge in [-0.25, -0.2) is 0 Å². The predicted molar refractivity (Wildman–Crippen MR) is 107 cm³/mol. The Kier molecular flexibility index (Phi) is 4.94. The Labute approximate surface area is 159 Å². The van der Waals surface area contributed by atoms with Gasteiger partial charge >= 0.3 is 0 Å². The van der Waals surface area contributed by atoms with Crippen molar-refractivity contribution in [1.82, 2.24) is 5.32 Å². The zero-order chi connectivity index (χ0) is 18.8. The van der Waals surface area contributed by atoms with Gasteiger partial charge in [0.25, 0.3) is 5.91 Å². The molecule has 0 spiro atoms. The summed E-state index contributed by atoms with van der Waals surface area (Å²) < 4.78 is 0. The fourth-order valence-electron chi connectivity index (χ4n) is 4.12. The maximum Gasteiger partial charge on any atom is 0.255 e. The van der Waals surface area contributed by atoms with Gasteiger partial charge in [-0.2, -0.15) is 0 Å². The van der Waals surface area contributed by atoms with Crippen LogP contribution in [0.2, 0.25) is 0 Å². The van der Waals surface area contributed by atoms with Crippen LogP contribution in [0.5, 0.6) is 0 Å². The number of amides is 2. The topological polar surface area (TPSA) is 61.4 Å². The molecule has 0 radical (unpaired) electrons. The standard InChI is InChI=1S/C22H25N3O2/c1-15-13-17(8-9-20(15)25-12-4-7-21(25)26)24-22(27)19-6-3-2-5-18(19)16-10-11-23-14-16/h2-3,5-6,8-9,13,16,23H,4,7,10-12,14H2,1H3,(H,24,27)/t16-/m1/s1. The van der Waals surface area contributed by atoms with Crippen LogP contribution in [0.3, 0.4) is 0 Å². The van der Waals surface area contributed by atoms with Crippen molar-refractivity contribution in [2.75, 3.05) is 29.9 Å². The van der Waals surface area contributed by atoms with Gasteiger partial charge in [0.1, 0.15) is 0 Å². The number of aryl methyl sites for hydroxylation is 1. The van der Waals surface area contributed by atoms with E-state index < -0.39 is 0 Å². The number of nitrogens with one attached hydrogen (secondary N) is 2. The second-order valence-electron chi connectivity index (χ2n) is 7.38. The largest absolute Gasteiger partial charge is 0.322 e. The molecular weight excluding hydrogens is 338 g/mol. The zero-order valence-electron chi connectivity index (χ0n) is 15.6. The summed E-state index contributed by atoms with van der Waals surface area (Å²) in [5, 5.41) is 6.40. The smallest absolute Gasteiger partial charge is 0.255 e. The Morgan fingerprint density at radius 2 is 2.07 bits per heavy atom. The average molecular weight is 363 g/mol. The summed E-state index contributed by atoms with van der Waals surface area (Å²) >= 11 is 0. The van der Waals surface area contributed by atoms with E-state index in [2.05, 4.69) is 16.7 Å². The summed E-state index contributed by atoms with van der Waals surface area (Å²) in [4.78, 5) is 26.7. The number of nitrogens with zero attached hydrogens (tertiary/aromatic N) is 1. The van der Waals surface area contributed by atoms with Crippen LogP contribution in [0.15, 0.2) is 42.5 Å². The number of benzene rings is 2. The first-order valence-electron chi connectivity index (χ1n) is 9.65. The molecule has 0 unspecified atom stereocenters. The molecule has 1 atom stereocenters. The van der Waals surface area contributed by atoms with Crippen molar-refractivity contribution < 1.29 is 9.59 Å². The van der Waals surface area contributed by atoms with Crippen LogP contribution < -0.4 is 15.5 Å². The Morgan fingerprint density at radius 1 is 1.22 bits per heavy atom. The molecular formula is C22H25N3O2. The summed E-state index contributed by atoms with van der Waals surface area (Å²) in [7, 11) is 0. The van der Waals surface area contributed by atoms with Gasteiger partial charge in [0, 0.05) is 36.4 Å². The molecule has 2 aromatic carbocycles. The number of hydrogen-bond donors (Lipinski definition) is 2. The number of rotatable bonds is 4. The third kappa shape index (κ3) is 3.60. The highest BCUT2D eigenvalue weighted by molar-refractivity contribution is 6.05. The Hall–Kier alpha value is -2.66. The molecule has 2 aliphatic rings. The van der Waals surface area contributed by atoms with Crippen LogP contribution >= 0.6 is 0 Å². The molecule has 0 aromatic heterocycles. The molecule has 2 aromatic rings. The first-order chi connectivity index (χ1) is 13.1. The Balaban J connectivity index is 1.54. The Bertz CT molecular complexity index is 872. The molecule has 2 N–H and O–H groups in total. The lowest BCUT2D eigenvalue weighted by Crippen LogP contribution is -2.24. The molecule has 2 saturated heterocycles. The minimum absolute atomic E-state index is 0.0816. The van der Waals surface area contributed by atoms with E-state index >= 15 is 0 Å². The number of hydrogen-bond acceptors (Lipinski definition) is 3. The highest BCUT2D eigenvalue weighted by Crippen LogP contribution is 2.29. The SMILES string of the molecule is Cc1cc(NC(=O)c2ccccc2[C@@H]2CCNC2)ccc1N1CCCC1=O. The van der Waals surface area contributed by atoms with E-state index in [9.17, 15) is 9.59 Å². The summed E-state index contributed by atoms with van der Waals surface area (Å²) in [5.74, 6) is 0.480. The minimum atomic E-state index is -0.0816. The summed E-state index contributed by atoms with van der Waals surface area (Å²) in [5.41, 5.74) is 4.54.